The Morgan fingerprint density at radius 1 is 1.14 bits per heavy atom. The molecule has 0 fully saturated rings. The van der Waals surface area contributed by atoms with Crippen LogP contribution in [0.2, 0.25) is 5.02 Å². The van der Waals surface area contributed by atoms with Crippen LogP contribution in [0.4, 0.5) is 0 Å². The molecule has 29 heavy (non-hydrogen) atoms. The number of carbonyl (C=O) groups excluding carboxylic acids is 1. The topological polar surface area (TPSA) is 68.0 Å². The fraction of sp³-hybridized carbons (Fsp3) is 0.348. The molecule has 1 aliphatic rings. The van der Waals surface area contributed by atoms with Gasteiger partial charge in [-0.1, -0.05) is 35.0 Å². The van der Waals surface area contributed by atoms with Gasteiger partial charge in [0.05, 0.1) is 6.04 Å². The quantitative estimate of drug-likeness (QED) is 0.616. The first kappa shape index (κ1) is 19.6. The highest BCUT2D eigenvalue weighted by Crippen LogP contribution is 2.25. The first-order valence-electron chi connectivity index (χ1n) is 10.1. The van der Waals surface area contributed by atoms with Crippen LogP contribution in [-0.2, 0) is 24.1 Å². The summed E-state index contributed by atoms with van der Waals surface area (Å²) < 4.78 is 5.28. The predicted octanol–water partition coefficient (Wildman–Crippen LogP) is 5.08. The summed E-state index contributed by atoms with van der Waals surface area (Å²) in [5, 5.41) is 7.71. The highest BCUT2D eigenvalue weighted by Gasteiger charge is 2.15. The summed E-state index contributed by atoms with van der Waals surface area (Å²) >= 11 is 5.90. The van der Waals surface area contributed by atoms with E-state index in [4.69, 9.17) is 16.1 Å². The maximum Gasteiger partial charge on any atom is 0.227 e. The van der Waals surface area contributed by atoms with Gasteiger partial charge in [0.15, 0.2) is 0 Å². The van der Waals surface area contributed by atoms with Gasteiger partial charge in [-0.05, 0) is 73.6 Å². The fourth-order valence-electron chi connectivity index (χ4n) is 3.71. The second kappa shape index (κ2) is 8.78. The van der Waals surface area contributed by atoms with Crippen molar-refractivity contribution in [2.45, 2.75) is 51.5 Å². The number of hydrogen-bond acceptors (Lipinski definition) is 4. The average molecular weight is 410 g/mol. The van der Waals surface area contributed by atoms with Crippen LogP contribution in [0.25, 0.3) is 11.4 Å². The molecule has 0 bridgehead atoms. The summed E-state index contributed by atoms with van der Waals surface area (Å²) in [6.45, 7) is 2.02. The molecule has 6 heteroatoms. The third kappa shape index (κ3) is 4.85. The molecule has 1 heterocycles. The van der Waals surface area contributed by atoms with Crippen LogP contribution in [0, 0.1) is 0 Å². The largest absolute Gasteiger partial charge is 0.350 e. The van der Waals surface area contributed by atoms with E-state index in [0.717, 1.165) is 17.5 Å². The molecule has 4 rings (SSSR count). The molecule has 5 nitrogen and oxygen atoms in total. The van der Waals surface area contributed by atoms with E-state index >= 15 is 0 Å². The molecule has 1 aromatic heterocycles. The van der Waals surface area contributed by atoms with Gasteiger partial charge in [0.1, 0.15) is 0 Å². The first-order chi connectivity index (χ1) is 14.1. The van der Waals surface area contributed by atoms with Gasteiger partial charge in [-0.3, -0.25) is 4.79 Å². The standard InChI is InChI=1S/C23H24ClN3O2/c1-15(18-7-6-16-4-2-3-5-19(16)14-18)25-21(28)12-13-22-26-23(27-29-22)17-8-10-20(24)11-9-17/h6-11,14-15H,2-5,12-13H2,1H3,(H,25,28)/t15-/m1/s1. The van der Waals surface area contributed by atoms with E-state index < -0.39 is 0 Å². The molecule has 2 aromatic carbocycles. The number of rotatable bonds is 6. The number of nitrogens with one attached hydrogen (secondary N) is 1. The Labute approximate surface area is 175 Å². The summed E-state index contributed by atoms with van der Waals surface area (Å²) in [7, 11) is 0. The number of aromatic nitrogens is 2. The van der Waals surface area contributed by atoms with Crippen molar-refractivity contribution in [3.63, 3.8) is 0 Å². The van der Waals surface area contributed by atoms with Crippen LogP contribution in [0.3, 0.4) is 0 Å². The number of amides is 1. The molecule has 0 radical (unpaired) electrons. The monoisotopic (exact) mass is 409 g/mol. The van der Waals surface area contributed by atoms with Gasteiger partial charge in [-0.2, -0.15) is 4.98 Å². The van der Waals surface area contributed by atoms with Crippen molar-refractivity contribution in [2.24, 2.45) is 0 Å². The second-order valence-electron chi connectivity index (χ2n) is 7.54. The number of carbonyl (C=O) groups is 1. The number of benzene rings is 2. The minimum absolute atomic E-state index is 0.0259. The number of nitrogens with zero attached hydrogens (tertiary/aromatic N) is 2. The van der Waals surface area contributed by atoms with Gasteiger partial charge in [0.25, 0.3) is 0 Å². The summed E-state index contributed by atoms with van der Waals surface area (Å²) in [6.07, 6.45) is 5.53. The Morgan fingerprint density at radius 2 is 1.90 bits per heavy atom. The number of halogens is 1. The molecule has 3 aromatic rings. The summed E-state index contributed by atoms with van der Waals surface area (Å²) in [4.78, 5) is 16.8. The first-order valence-corrected chi connectivity index (χ1v) is 10.5. The molecule has 1 atom stereocenters. The third-order valence-corrected chi connectivity index (χ3v) is 5.64. The van der Waals surface area contributed by atoms with Gasteiger partial charge >= 0.3 is 0 Å². The molecule has 150 valence electrons. The lowest BCUT2D eigenvalue weighted by molar-refractivity contribution is -0.121. The van der Waals surface area contributed by atoms with Crippen LogP contribution in [0.1, 0.15) is 54.8 Å². The van der Waals surface area contributed by atoms with Gasteiger partial charge in [0, 0.05) is 23.4 Å². The molecule has 0 spiro atoms. The van der Waals surface area contributed by atoms with Crippen LogP contribution in [-0.4, -0.2) is 16.0 Å². The average Bonchev–Trinajstić information content (AvgIpc) is 3.21. The molecule has 1 aliphatic carbocycles. The van der Waals surface area contributed by atoms with Crippen molar-refractivity contribution >= 4 is 17.5 Å². The zero-order chi connectivity index (χ0) is 20.2. The van der Waals surface area contributed by atoms with E-state index in [9.17, 15) is 4.79 Å². The summed E-state index contributed by atoms with van der Waals surface area (Å²) in [5.74, 6) is 0.924. The smallest absolute Gasteiger partial charge is 0.227 e. The highest BCUT2D eigenvalue weighted by molar-refractivity contribution is 6.30. The minimum Gasteiger partial charge on any atom is -0.350 e. The molecular weight excluding hydrogens is 386 g/mol. The van der Waals surface area contributed by atoms with Gasteiger partial charge in [-0.25, -0.2) is 0 Å². The van der Waals surface area contributed by atoms with Crippen molar-refractivity contribution in [3.05, 3.63) is 70.1 Å². The van der Waals surface area contributed by atoms with E-state index in [2.05, 4.69) is 33.7 Å². The molecule has 0 saturated carbocycles. The van der Waals surface area contributed by atoms with Crippen molar-refractivity contribution in [3.8, 4) is 11.4 Å². The Balaban J connectivity index is 1.31. The van der Waals surface area contributed by atoms with Crippen molar-refractivity contribution in [1.29, 1.82) is 0 Å². The molecule has 0 unspecified atom stereocenters. The SMILES string of the molecule is C[C@@H](NC(=O)CCc1nc(-c2ccc(Cl)cc2)no1)c1ccc2c(c1)CCCC2. The maximum atomic E-state index is 12.4. The molecule has 1 N–H and O–H groups in total. The Bertz CT molecular complexity index is 998. The van der Waals surface area contributed by atoms with Crippen LogP contribution in [0.15, 0.2) is 47.0 Å². The number of hydrogen-bond donors (Lipinski definition) is 1. The Hall–Kier alpha value is -2.66. The Morgan fingerprint density at radius 3 is 2.69 bits per heavy atom. The fourth-order valence-corrected chi connectivity index (χ4v) is 3.84. The molecular formula is C23H24ClN3O2. The lowest BCUT2D eigenvalue weighted by Gasteiger charge is -2.20. The van der Waals surface area contributed by atoms with Crippen LogP contribution < -0.4 is 5.32 Å². The number of fused-ring (bicyclic) bond motifs is 1. The van der Waals surface area contributed by atoms with E-state index in [1.54, 1.807) is 12.1 Å². The normalized spacial score (nSPS) is 14.3. The van der Waals surface area contributed by atoms with E-state index in [0.29, 0.717) is 29.6 Å². The molecule has 1 amide bonds. The lowest BCUT2D eigenvalue weighted by Crippen LogP contribution is -2.27. The predicted molar refractivity (Wildman–Crippen MR) is 113 cm³/mol. The van der Waals surface area contributed by atoms with Gasteiger partial charge in [-0.15, -0.1) is 0 Å². The zero-order valence-corrected chi connectivity index (χ0v) is 17.2. The van der Waals surface area contributed by atoms with E-state index in [1.165, 1.54) is 30.4 Å². The zero-order valence-electron chi connectivity index (χ0n) is 16.5. The number of aryl methyl sites for hydroxylation is 3. The van der Waals surface area contributed by atoms with E-state index in [-0.39, 0.29) is 11.9 Å². The van der Waals surface area contributed by atoms with Gasteiger partial charge in [0.2, 0.25) is 17.6 Å². The lowest BCUT2D eigenvalue weighted by atomic mass is 9.89. The van der Waals surface area contributed by atoms with Crippen molar-refractivity contribution < 1.29 is 9.32 Å². The van der Waals surface area contributed by atoms with Gasteiger partial charge < -0.3 is 9.84 Å². The van der Waals surface area contributed by atoms with Crippen LogP contribution in [0.5, 0.6) is 0 Å². The van der Waals surface area contributed by atoms with E-state index in [1.807, 2.05) is 19.1 Å². The second-order valence-corrected chi connectivity index (χ2v) is 7.98. The third-order valence-electron chi connectivity index (χ3n) is 5.39. The summed E-state index contributed by atoms with van der Waals surface area (Å²) in [5.41, 5.74) is 4.86. The van der Waals surface area contributed by atoms with Crippen molar-refractivity contribution in [1.82, 2.24) is 15.5 Å². The maximum absolute atomic E-state index is 12.4. The van der Waals surface area contributed by atoms with Crippen LogP contribution >= 0.6 is 11.6 Å². The summed E-state index contributed by atoms with van der Waals surface area (Å²) in [6, 6.07) is 13.8. The molecule has 0 saturated heterocycles. The minimum atomic E-state index is -0.0264. The van der Waals surface area contributed by atoms with Crippen molar-refractivity contribution in [2.75, 3.05) is 0 Å². The highest BCUT2D eigenvalue weighted by atomic mass is 35.5. The molecule has 0 aliphatic heterocycles. The Kier molecular flexibility index (Phi) is 5.95.